The molecule has 0 fully saturated rings. The Labute approximate surface area is 99.7 Å². The van der Waals surface area contributed by atoms with Crippen molar-refractivity contribution in [2.45, 2.75) is 13.3 Å². The van der Waals surface area contributed by atoms with Gasteiger partial charge < -0.3 is 9.47 Å². The summed E-state index contributed by atoms with van der Waals surface area (Å²) in [6.45, 7) is 2.40. The van der Waals surface area contributed by atoms with E-state index in [2.05, 4.69) is 0 Å². The van der Waals surface area contributed by atoms with Crippen molar-refractivity contribution in [2.24, 2.45) is 0 Å². The van der Waals surface area contributed by atoms with Gasteiger partial charge in [0.1, 0.15) is 5.75 Å². The van der Waals surface area contributed by atoms with Crippen LogP contribution in [-0.2, 0) is 4.74 Å². The average Bonchev–Trinajstić information content (AvgIpc) is 2.78. The lowest BCUT2D eigenvalue weighted by molar-refractivity contribution is 0.149. The van der Waals surface area contributed by atoms with Gasteiger partial charge >= 0.3 is 6.09 Å². The molecule has 0 N–H and O–H groups in total. The monoisotopic (exact) mass is 233 g/mol. The van der Waals surface area contributed by atoms with Gasteiger partial charge in [-0.1, -0.05) is 6.92 Å². The fourth-order valence-corrected chi connectivity index (χ4v) is 1.67. The number of hydrogen-bond acceptors (Lipinski definition) is 3. The summed E-state index contributed by atoms with van der Waals surface area (Å²) in [6.07, 6.45) is 2.19. The number of hydrogen-bond donors (Lipinski definition) is 0. The van der Waals surface area contributed by atoms with Crippen LogP contribution < -0.4 is 4.74 Å². The molecular weight excluding hydrogens is 218 g/mol. The summed E-state index contributed by atoms with van der Waals surface area (Å²) in [7, 11) is 1.62. The second-order valence-electron chi connectivity index (χ2n) is 3.72. The molecule has 0 aliphatic heterocycles. The van der Waals surface area contributed by atoms with E-state index < -0.39 is 0 Å². The topological polar surface area (TPSA) is 40.5 Å². The Morgan fingerprint density at radius 2 is 2.18 bits per heavy atom. The Morgan fingerprint density at radius 3 is 2.88 bits per heavy atom. The van der Waals surface area contributed by atoms with Gasteiger partial charge in [0.05, 0.1) is 19.2 Å². The van der Waals surface area contributed by atoms with E-state index in [4.69, 9.17) is 9.47 Å². The zero-order valence-corrected chi connectivity index (χ0v) is 9.97. The highest BCUT2D eigenvalue weighted by atomic mass is 16.5. The van der Waals surface area contributed by atoms with Crippen molar-refractivity contribution in [1.82, 2.24) is 4.57 Å². The predicted octanol–water partition coefficient (Wildman–Crippen LogP) is 3.04. The number of carbonyl (C=O) groups is 1. The minimum atomic E-state index is -0.341. The Balaban J connectivity index is 2.33. The summed E-state index contributed by atoms with van der Waals surface area (Å²) >= 11 is 0. The first-order chi connectivity index (χ1) is 8.26. The molecule has 0 unspecified atom stereocenters. The van der Waals surface area contributed by atoms with Crippen molar-refractivity contribution in [2.75, 3.05) is 13.7 Å². The summed E-state index contributed by atoms with van der Waals surface area (Å²) in [6, 6.07) is 7.43. The predicted molar refractivity (Wildman–Crippen MR) is 65.5 cm³/mol. The van der Waals surface area contributed by atoms with E-state index in [1.165, 1.54) is 4.57 Å². The fourth-order valence-electron chi connectivity index (χ4n) is 1.67. The lowest BCUT2D eigenvalue weighted by Gasteiger charge is -2.05. The van der Waals surface area contributed by atoms with E-state index in [9.17, 15) is 4.79 Å². The molecule has 0 bridgehead atoms. The van der Waals surface area contributed by atoms with Crippen molar-refractivity contribution in [1.29, 1.82) is 0 Å². The van der Waals surface area contributed by atoms with Gasteiger partial charge in [-0.05, 0) is 30.7 Å². The molecule has 0 spiro atoms. The van der Waals surface area contributed by atoms with Crippen LogP contribution >= 0.6 is 0 Å². The maximum absolute atomic E-state index is 11.7. The molecule has 1 aromatic heterocycles. The van der Waals surface area contributed by atoms with Crippen molar-refractivity contribution < 1.29 is 14.3 Å². The van der Waals surface area contributed by atoms with Crippen LogP contribution in [0, 0.1) is 0 Å². The highest BCUT2D eigenvalue weighted by Gasteiger charge is 2.09. The number of fused-ring (bicyclic) bond motifs is 1. The minimum absolute atomic E-state index is 0.341. The summed E-state index contributed by atoms with van der Waals surface area (Å²) in [5.74, 6) is 0.775. The zero-order valence-electron chi connectivity index (χ0n) is 9.97. The van der Waals surface area contributed by atoms with Crippen LogP contribution in [0.5, 0.6) is 5.75 Å². The molecule has 90 valence electrons. The smallest absolute Gasteiger partial charge is 0.418 e. The van der Waals surface area contributed by atoms with Crippen molar-refractivity contribution in [3.63, 3.8) is 0 Å². The van der Waals surface area contributed by atoms with E-state index in [1.807, 2.05) is 31.2 Å². The quantitative estimate of drug-likeness (QED) is 0.818. The molecule has 1 aromatic carbocycles. The second-order valence-corrected chi connectivity index (χ2v) is 3.72. The molecule has 17 heavy (non-hydrogen) atoms. The van der Waals surface area contributed by atoms with Crippen molar-refractivity contribution in [3.8, 4) is 5.75 Å². The summed E-state index contributed by atoms with van der Waals surface area (Å²) in [5, 5.41) is 0.956. The fraction of sp³-hybridized carbons (Fsp3) is 0.308. The average molecular weight is 233 g/mol. The molecular formula is C13H15NO3. The molecule has 2 rings (SSSR count). The second kappa shape index (κ2) is 4.91. The van der Waals surface area contributed by atoms with Crippen molar-refractivity contribution in [3.05, 3.63) is 30.5 Å². The third-order valence-corrected chi connectivity index (χ3v) is 2.52. The first-order valence-electron chi connectivity index (χ1n) is 5.58. The lowest BCUT2D eigenvalue weighted by atomic mass is 10.2. The number of benzene rings is 1. The summed E-state index contributed by atoms with van der Waals surface area (Å²) in [5.41, 5.74) is 0.826. The molecule has 0 aliphatic rings. The van der Waals surface area contributed by atoms with E-state index >= 15 is 0 Å². The van der Waals surface area contributed by atoms with Crippen LogP contribution in [-0.4, -0.2) is 24.4 Å². The van der Waals surface area contributed by atoms with Crippen LogP contribution in [0.2, 0.25) is 0 Å². The number of methoxy groups -OCH3 is 1. The molecule has 0 saturated carbocycles. The highest BCUT2D eigenvalue weighted by molar-refractivity contribution is 5.90. The summed E-state index contributed by atoms with van der Waals surface area (Å²) in [4.78, 5) is 11.7. The molecule has 0 aliphatic carbocycles. The van der Waals surface area contributed by atoms with Crippen LogP contribution in [0.3, 0.4) is 0 Å². The van der Waals surface area contributed by atoms with Gasteiger partial charge in [-0.2, -0.15) is 0 Å². The number of rotatable bonds is 3. The van der Waals surface area contributed by atoms with Crippen LogP contribution in [0.1, 0.15) is 13.3 Å². The van der Waals surface area contributed by atoms with Crippen molar-refractivity contribution >= 4 is 17.0 Å². The third kappa shape index (κ3) is 2.25. The zero-order chi connectivity index (χ0) is 12.3. The number of nitrogens with zero attached hydrogens (tertiary/aromatic N) is 1. The van der Waals surface area contributed by atoms with E-state index in [1.54, 1.807) is 13.3 Å². The van der Waals surface area contributed by atoms with Gasteiger partial charge in [-0.25, -0.2) is 4.79 Å². The first kappa shape index (κ1) is 11.5. The van der Waals surface area contributed by atoms with Gasteiger partial charge in [-0.3, -0.25) is 4.57 Å². The lowest BCUT2D eigenvalue weighted by Crippen LogP contribution is -2.12. The Kier molecular flexibility index (Phi) is 3.32. The standard InChI is InChI=1S/C13H15NO3/c1-3-8-17-13(15)14-7-6-10-9-11(16-2)4-5-12(10)14/h4-7,9H,3,8H2,1-2H3. The van der Waals surface area contributed by atoms with Crippen LogP contribution in [0.15, 0.2) is 30.5 Å². The van der Waals surface area contributed by atoms with Gasteiger partial charge in [0.15, 0.2) is 0 Å². The van der Waals surface area contributed by atoms with Gasteiger partial charge in [0.2, 0.25) is 0 Å². The summed E-state index contributed by atoms with van der Waals surface area (Å²) < 4.78 is 11.7. The highest BCUT2D eigenvalue weighted by Crippen LogP contribution is 2.21. The Bertz CT molecular complexity index is 530. The maximum Gasteiger partial charge on any atom is 0.418 e. The Hall–Kier alpha value is -1.97. The third-order valence-electron chi connectivity index (χ3n) is 2.52. The van der Waals surface area contributed by atoms with Crippen LogP contribution in [0.4, 0.5) is 4.79 Å². The Morgan fingerprint density at radius 1 is 1.35 bits per heavy atom. The molecule has 4 heteroatoms. The van der Waals surface area contributed by atoms with Gasteiger partial charge in [-0.15, -0.1) is 0 Å². The number of carbonyl (C=O) groups excluding carboxylic acids is 1. The van der Waals surface area contributed by atoms with Gasteiger partial charge in [0, 0.05) is 11.6 Å². The molecule has 0 saturated heterocycles. The van der Waals surface area contributed by atoms with E-state index in [0.717, 1.165) is 23.1 Å². The van der Waals surface area contributed by atoms with E-state index in [0.29, 0.717) is 6.61 Å². The number of aromatic nitrogens is 1. The largest absolute Gasteiger partial charge is 0.497 e. The molecule has 2 aromatic rings. The minimum Gasteiger partial charge on any atom is -0.497 e. The van der Waals surface area contributed by atoms with E-state index in [-0.39, 0.29) is 6.09 Å². The van der Waals surface area contributed by atoms with Crippen LogP contribution in [0.25, 0.3) is 10.9 Å². The number of ether oxygens (including phenoxy) is 2. The molecule has 4 nitrogen and oxygen atoms in total. The molecule has 0 amide bonds. The SMILES string of the molecule is CCCOC(=O)n1ccc2cc(OC)ccc21. The molecule has 1 heterocycles. The van der Waals surface area contributed by atoms with Gasteiger partial charge in [0.25, 0.3) is 0 Å². The molecule has 0 radical (unpaired) electrons. The normalized spacial score (nSPS) is 10.5. The maximum atomic E-state index is 11.7. The molecule has 0 atom stereocenters. The first-order valence-corrected chi connectivity index (χ1v) is 5.58.